The molecular weight excluding hydrogens is 272 g/mol. The highest BCUT2D eigenvalue weighted by molar-refractivity contribution is 5.93. The van der Waals surface area contributed by atoms with Gasteiger partial charge in [-0.3, -0.25) is 9.59 Å². The summed E-state index contributed by atoms with van der Waals surface area (Å²) in [5.41, 5.74) is -0.358. The maximum absolute atomic E-state index is 12.6. The molecule has 0 radical (unpaired) electrons. The van der Waals surface area contributed by atoms with E-state index in [1.54, 1.807) is 22.8 Å². The lowest BCUT2D eigenvalue weighted by Crippen LogP contribution is -2.62. The molecule has 7 heteroatoms. The fraction of sp³-hybridized carbons (Fsp3) is 0.643. The van der Waals surface area contributed by atoms with E-state index in [2.05, 4.69) is 10.3 Å². The number of aliphatic hydroxyl groups excluding tert-OH is 1. The van der Waals surface area contributed by atoms with Crippen LogP contribution in [0.25, 0.3) is 0 Å². The van der Waals surface area contributed by atoms with Crippen LogP contribution in [0.1, 0.15) is 29.8 Å². The molecular formula is C14H20N4O3. The Morgan fingerprint density at radius 1 is 1.57 bits per heavy atom. The Balaban J connectivity index is 1.84. The minimum Gasteiger partial charge on any atom is -0.392 e. The minimum atomic E-state index is -0.856. The van der Waals surface area contributed by atoms with Crippen molar-refractivity contribution in [2.75, 3.05) is 19.6 Å². The molecule has 1 aromatic rings. The van der Waals surface area contributed by atoms with Crippen LogP contribution in [-0.4, -0.2) is 57.1 Å². The molecule has 21 heavy (non-hydrogen) atoms. The summed E-state index contributed by atoms with van der Waals surface area (Å²) in [4.78, 5) is 30.5. The van der Waals surface area contributed by atoms with Crippen LogP contribution in [0.5, 0.6) is 0 Å². The molecule has 2 aliphatic heterocycles. The van der Waals surface area contributed by atoms with Crippen molar-refractivity contribution < 1.29 is 14.7 Å². The Bertz CT molecular complexity index is 570. The number of hydrogen-bond donors (Lipinski definition) is 2. The lowest BCUT2D eigenvalue weighted by atomic mass is 9.71. The Hall–Kier alpha value is -1.89. The highest BCUT2D eigenvalue weighted by Crippen LogP contribution is 2.37. The van der Waals surface area contributed by atoms with Crippen molar-refractivity contribution in [1.82, 2.24) is 19.8 Å². The van der Waals surface area contributed by atoms with E-state index in [0.29, 0.717) is 31.6 Å². The first-order valence-corrected chi connectivity index (χ1v) is 7.26. The third-order valence-electron chi connectivity index (χ3n) is 4.64. The molecule has 2 atom stereocenters. The highest BCUT2D eigenvalue weighted by atomic mass is 16.3. The Morgan fingerprint density at radius 2 is 2.38 bits per heavy atom. The summed E-state index contributed by atoms with van der Waals surface area (Å²) < 4.78 is 1.67. The van der Waals surface area contributed by atoms with E-state index in [1.807, 2.05) is 0 Å². The van der Waals surface area contributed by atoms with Gasteiger partial charge in [-0.05, 0) is 19.3 Å². The van der Waals surface area contributed by atoms with Crippen LogP contribution in [0.2, 0.25) is 0 Å². The summed E-state index contributed by atoms with van der Waals surface area (Å²) >= 11 is 0. The normalized spacial score (nSPS) is 29.5. The van der Waals surface area contributed by atoms with Gasteiger partial charge in [-0.15, -0.1) is 0 Å². The van der Waals surface area contributed by atoms with Gasteiger partial charge in [0.2, 0.25) is 5.91 Å². The molecule has 0 saturated carbocycles. The maximum atomic E-state index is 12.6. The molecule has 0 unspecified atom stereocenters. The summed E-state index contributed by atoms with van der Waals surface area (Å²) in [7, 11) is 1.77. The summed E-state index contributed by atoms with van der Waals surface area (Å²) in [5.74, 6) is -0.275. The Labute approximate surface area is 122 Å². The van der Waals surface area contributed by atoms with Crippen molar-refractivity contribution in [3.05, 3.63) is 18.2 Å². The molecule has 1 spiro atoms. The maximum Gasteiger partial charge on any atom is 0.272 e. The second kappa shape index (κ2) is 5.14. The lowest BCUT2D eigenvalue weighted by Gasteiger charge is -2.46. The predicted octanol–water partition coefficient (Wildman–Crippen LogP) is -0.477. The molecule has 3 heterocycles. The molecule has 0 aliphatic carbocycles. The van der Waals surface area contributed by atoms with Gasteiger partial charge in [-0.25, -0.2) is 4.98 Å². The Kier molecular flexibility index (Phi) is 3.44. The van der Waals surface area contributed by atoms with Crippen LogP contribution in [0.15, 0.2) is 12.5 Å². The molecule has 2 fully saturated rings. The average Bonchev–Trinajstić information content (AvgIpc) is 2.90. The summed E-state index contributed by atoms with van der Waals surface area (Å²) in [6.07, 6.45) is 4.30. The molecule has 0 bridgehead atoms. The van der Waals surface area contributed by atoms with E-state index in [1.165, 1.54) is 6.20 Å². The molecule has 0 aromatic carbocycles. The van der Waals surface area contributed by atoms with Crippen LogP contribution in [0, 0.1) is 5.41 Å². The van der Waals surface area contributed by atoms with Crippen molar-refractivity contribution in [1.29, 1.82) is 0 Å². The SMILES string of the molecule is Cn1cncc1C(=O)N1CC[C@@H](O)[C@@]2(CCCNC2=O)C1. The fourth-order valence-corrected chi connectivity index (χ4v) is 3.34. The second-order valence-corrected chi connectivity index (χ2v) is 5.94. The quantitative estimate of drug-likeness (QED) is 0.732. The predicted molar refractivity (Wildman–Crippen MR) is 74.4 cm³/mol. The van der Waals surface area contributed by atoms with Gasteiger partial charge in [-0.2, -0.15) is 0 Å². The van der Waals surface area contributed by atoms with Crippen LogP contribution in [0.3, 0.4) is 0 Å². The number of aromatic nitrogens is 2. The Morgan fingerprint density at radius 3 is 3.05 bits per heavy atom. The van der Waals surface area contributed by atoms with E-state index in [-0.39, 0.29) is 18.4 Å². The molecule has 1 aromatic heterocycles. The number of aliphatic hydroxyl groups is 1. The van der Waals surface area contributed by atoms with E-state index < -0.39 is 11.5 Å². The molecule has 2 N–H and O–H groups in total. The van der Waals surface area contributed by atoms with E-state index in [0.717, 1.165) is 6.42 Å². The minimum absolute atomic E-state index is 0.135. The third kappa shape index (κ3) is 2.21. The number of carbonyl (C=O) groups is 2. The topological polar surface area (TPSA) is 87.5 Å². The van der Waals surface area contributed by atoms with Crippen molar-refractivity contribution in [3.63, 3.8) is 0 Å². The number of likely N-dealkylation sites (tertiary alicyclic amines) is 1. The number of nitrogens with one attached hydrogen (secondary N) is 1. The zero-order valence-corrected chi connectivity index (χ0v) is 12.1. The lowest BCUT2D eigenvalue weighted by molar-refractivity contribution is -0.147. The number of aryl methyl sites for hydroxylation is 1. The standard InChI is InChI=1S/C14H20N4O3/c1-17-9-15-7-10(17)12(20)18-6-3-11(19)14(8-18)4-2-5-16-13(14)21/h7,9,11,19H,2-6,8H2,1H3,(H,16,21)/t11-,14-/m1/s1. The monoisotopic (exact) mass is 292 g/mol. The van der Waals surface area contributed by atoms with Gasteiger partial charge in [-0.1, -0.05) is 0 Å². The number of nitrogens with zero attached hydrogens (tertiary/aromatic N) is 3. The van der Waals surface area contributed by atoms with Gasteiger partial charge >= 0.3 is 0 Å². The first-order valence-electron chi connectivity index (χ1n) is 7.26. The molecule has 114 valence electrons. The molecule has 7 nitrogen and oxygen atoms in total. The van der Waals surface area contributed by atoms with Crippen LogP contribution < -0.4 is 5.32 Å². The molecule has 2 amide bonds. The average molecular weight is 292 g/mol. The van der Waals surface area contributed by atoms with Gasteiger partial charge in [0, 0.05) is 26.7 Å². The van der Waals surface area contributed by atoms with Gasteiger partial charge in [0.1, 0.15) is 5.69 Å². The van der Waals surface area contributed by atoms with Crippen molar-refractivity contribution in [2.24, 2.45) is 12.5 Å². The number of piperidine rings is 2. The van der Waals surface area contributed by atoms with Crippen molar-refractivity contribution >= 4 is 11.8 Å². The number of hydrogen-bond acceptors (Lipinski definition) is 4. The molecule has 3 rings (SSSR count). The third-order valence-corrected chi connectivity index (χ3v) is 4.64. The summed E-state index contributed by atoms with van der Waals surface area (Å²) in [6.45, 7) is 1.37. The zero-order valence-electron chi connectivity index (χ0n) is 12.1. The van der Waals surface area contributed by atoms with Gasteiger partial charge in [0.25, 0.3) is 5.91 Å². The largest absolute Gasteiger partial charge is 0.392 e. The number of rotatable bonds is 1. The zero-order chi connectivity index (χ0) is 15.0. The molecule has 2 aliphatic rings. The van der Waals surface area contributed by atoms with Crippen LogP contribution in [0.4, 0.5) is 0 Å². The summed E-state index contributed by atoms with van der Waals surface area (Å²) in [6, 6.07) is 0. The molecule has 2 saturated heterocycles. The number of amides is 2. The van der Waals surface area contributed by atoms with Crippen molar-refractivity contribution in [3.8, 4) is 0 Å². The van der Waals surface area contributed by atoms with Gasteiger partial charge < -0.3 is 19.9 Å². The highest BCUT2D eigenvalue weighted by Gasteiger charge is 2.50. The van der Waals surface area contributed by atoms with Gasteiger partial charge in [0.05, 0.1) is 24.0 Å². The smallest absolute Gasteiger partial charge is 0.272 e. The number of imidazole rings is 1. The van der Waals surface area contributed by atoms with E-state index in [9.17, 15) is 14.7 Å². The number of carbonyl (C=O) groups excluding carboxylic acids is 2. The van der Waals surface area contributed by atoms with E-state index >= 15 is 0 Å². The van der Waals surface area contributed by atoms with Gasteiger partial charge in [0.15, 0.2) is 0 Å². The second-order valence-electron chi connectivity index (χ2n) is 5.94. The first-order chi connectivity index (χ1) is 10.0. The van der Waals surface area contributed by atoms with Crippen LogP contribution in [-0.2, 0) is 11.8 Å². The first kappa shape index (κ1) is 14.1. The van der Waals surface area contributed by atoms with Crippen molar-refractivity contribution in [2.45, 2.75) is 25.4 Å². The van der Waals surface area contributed by atoms with Crippen LogP contribution >= 0.6 is 0 Å². The van der Waals surface area contributed by atoms with E-state index in [4.69, 9.17) is 0 Å². The fourth-order valence-electron chi connectivity index (χ4n) is 3.34. The summed E-state index contributed by atoms with van der Waals surface area (Å²) in [5, 5.41) is 13.1.